The summed E-state index contributed by atoms with van der Waals surface area (Å²) in [6, 6.07) is 3.15. The average Bonchev–Trinajstić information content (AvgIpc) is 3.14. The van der Waals surface area contributed by atoms with Gasteiger partial charge in [0.1, 0.15) is 5.54 Å². The van der Waals surface area contributed by atoms with Crippen LogP contribution >= 0.6 is 0 Å². The molecule has 0 heterocycles. The Balaban J connectivity index is 1.54. The molecule has 3 rings (SSSR count). The Hall–Kier alpha value is -0.590. The number of nitrogens with one attached hydrogen (secondary N) is 1. The number of fused-ring (bicyclic) bond motifs is 2. The van der Waals surface area contributed by atoms with Gasteiger partial charge in [0.25, 0.3) is 0 Å². The Kier molecular flexibility index (Phi) is 4.06. The standard InChI is InChI=1S/C17H29N3/c1-3-19-17(12-18)7-6-16(10-17)20(2)11-15-9-13-4-5-14(15)8-13/h13-16,19H,3-11H2,1-2H3. The predicted molar refractivity (Wildman–Crippen MR) is 81.2 cm³/mol. The summed E-state index contributed by atoms with van der Waals surface area (Å²) in [4.78, 5) is 2.57. The van der Waals surface area contributed by atoms with Crippen molar-refractivity contribution in [3.63, 3.8) is 0 Å². The number of rotatable bonds is 5. The molecule has 2 bridgehead atoms. The predicted octanol–water partition coefficient (Wildman–Crippen LogP) is 2.78. The van der Waals surface area contributed by atoms with Gasteiger partial charge >= 0.3 is 0 Å². The van der Waals surface area contributed by atoms with Gasteiger partial charge in [0, 0.05) is 12.6 Å². The summed E-state index contributed by atoms with van der Waals surface area (Å²) in [6.45, 7) is 4.27. The maximum absolute atomic E-state index is 9.49. The molecule has 0 spiro atoms. The molecule has 0 saturated heterocycles. The lowest BCUT2D eigenvalue weighted by molar-refractivity contribution is 0.170. The van der Waals surface area contributed by atoms with Crippen LogP contribution in [-0.4, -0.2) is 36.6 Å². The van der Waals surface area contributed by atoms with E-state index in [0.717, 1.165) is 37.1 Å². The second-order valence-electron chi connectivity index (χ2n) is 7.50. The molecule has 3 nitrogen and oxygen atoms in total. The minimum Gasteiger partial charge on any atom is -0.303 e. The second-order valence-corrected chi connectivity index (χ2v) is 7.50. The van der Waals surface area contributed by atoms with E-state index < -0.39 is 0 Å². The molecule has 5 unspecified atom stereocenters. The van der Waals surface area contributed by atoms with Crippen LogP contribution in [0.15, 0.2) is 0 Å². The quantitative estimate of drug-likeness (QED) is 0.838. The zero-order valence-corrected chi connectivity index (χ0v) is 13.1. The molecule has 0 aromatic rings. The molecule has 1 N–H and O–H groups in total. The van der Waals surface area contributed by atoms with E-state index in [1.165, 1.54) is 38.6 Å². The van der Waals surface area contributed by atoms with Crippen molar-refractivity contribution in [2.75, 3.05) is 20.1 Å². The van der Waals surface area contributed by atoms with Crippen LogP contribution in [0.2, 0.25) is 0 Å². The average molecular weight is 275 g/mol. The number of hydrogen-bond acceptors (Lipinski definition) is 3. The highest BCUT2D eigenvalue weighted by atomic mass is 15.2. The molecule has 0 aliphatic heterocycles. The molecule has 5 atom stereocenters. The largest absolute Gasteiger partial charge is 0.303 e. The van der Waals surface area contributed by atoms with Crippen molar-refractivity contribution in [3.05, 3.63) is 0 Å². The number of hydrogen-bond donors (Lipinski definition) is 1. The summed E-state index contributed by atoms with van der Waals surface area (Å²) < 4.78 is 0. The van der Waals surface area contributed by atoms with Crippen molar-refractivity contribution >= 4 is 0 Å². The van der Waals surface area contributed by atoms with E-state index in [2.05, 4.69) is 30.3 Å². The Bertz CT molecular complexity index is 388. The van der Waals surface area contributed by atoms with Gasteiger partial charge in [0.05, 0.1) is 6.07 Å². The van der Waals surface area contributed by atoms with Gasteiger partial charge in [-0.2, -0.15) is 5.26 Å². The lowest BCUT2D eigenvalue weighted by Crippen LogP contribution is -2.44. The second kappa shape index (κ2) is 5.66. The number of nitriles is 1. The van der Waals surface area contributed by atoms with E-state index in [-0.39, 0.29) is 5.54 Å². The first-order valence-corrected chi connectivity index (χ1v) is 8.52. The van der Waals surface area contributed by atoms with Crippen molar-refractivity contribution in [1.82, 2.24) is 10.2 Å². The normalized spacial score (nSPS) is 43.3. The van der Waals surface area contributed by atoms with Crippen LogP contribution in [0.1, 0.15) is 51.9 Å². The van der Waals surface area contributed by atoms with E-state index in [0.29, 0.717) is 6.04 Å². The molecular formula is C17H29N3. The SMILES string of the molecule is CCNC1(C#N)CCC(N(C)CC2CC3CCC2C3)C1. The third-order valence-corrected chi connectivity index (χ3v) is 6.25. The molecule has 3 fully saturated rings. The summed E-state index contributed by atoms with van der Waals surface area (Å²) >= 11 is 0. The third kappa shape index (κ3) is 2.61. The van der Waals surface area contributed by atoms with Gasteiger partial charge in [-0.25, -0.2) is 0 Å². The van der Waals surface area contributed by atoms with Crippen LogP contribution in [0.3, 0.4) is 0 Å². The molecule has 3 heteroatoms. The van der Waals surface area contributed by atoms with Crippen LogP contribution in [0.5, 0.6) is 0 Å². The molecule has 0 radical (unpaired) electrons. The molecule has 3 saturated carbocycles. The zero-order chi connectivity index (χ0) is 14.2. The smallest absolute Gasteiger partial charge is 0.108 e. The van der Waals surface area contributed by atoms with Gasteiger partial charge in [-0.3, -0.25) is 5.32 Å². The van der Waals surface area contributed by atoms with Crippen LogP contribution in [0.25, 0.3) is 0 Å². The fourth-order valence-corrected chi connectivity index (χ4v) is 5.15. The van der Waals surface area contributed by atoms with Gasteiger partial charge < -0.3 is 4.90 Å². The van der Waals surface area contributed by atoms with Gasteiger partial charge in [-0.15, -0.1) is 0 Å². The topological polar surface area (TPSA) is 39.1 Å². The molecule has 0 amide bonds. The molecule has 3 aliphatic rings. The lowest BCUT2D eigenvalue weighted by Gasteiger charge is -2.32. The monoisotopic (exact) mass is 275 g/mol. The molecular weight excluding hydrogens is 246 g/mol. The fourth-order valence-electron chi connectivity index (χ4n) is 5.15. The van der Waals surface area contributed by atoms with Crippen molar-refractivity contribution in [1.29, 1.82) is 5.26 Å². The Morgan fingerprint density at radius 2 is 2.15 bits per heavy atom. The maximum Gasteiger partial charge on any atom is 0.108 e. The van der Waals surface area contributed by atoms with Crippen LogP contribution in [0.4, 0.5) is 0 Å². The molecule has 0 aromatic heterocycles. The first-order chi connectivity index (χ1) is 9.65. The van der Waals surface area contributed by atoms with Gasteiger partial charge in [-0.05, 0) is 69.9 Å². The van der Waals surface area contributed by atoms with Crippen LogP contribution in [0, 0.1) is 29.1 Å². The van der Waals surface area contributed by atoms with Crippen molar-refractivity contribution in [3.8, 4) is 6.07 Å². The fraction of sp³-hybridized carbons (Fsp3) is 0.941. The van der Waals surface area contributed by atoms with Crippen molar-refractivity contribution in [2.24, 2.45) is 17.8 Å². The first-order valence-electron chi connectivity index (χ1n) is 8.52. The van der Waals surface area contributed by atoms with Gasteiger partial charge in [-0.1, -0.05) is 13.3 Å². The highest BCUT2D eigenvalue weighted by Crippen LogP contribution is 2.48. The number of nitrogens with zero attached hydrogens (tertiary/aromatic N) is 2. The van der Waals surface area contributed by atoms with E-state index in [4.69, 9.17) is 0 Å². The van der Waals surface area contributed by atoms with E-state index in [9.17, 15) is 5.26 Å². The minimum atomic E-state index is -0.248. The first kappa shape index (κ1) is 14.4. The maximum atomic E-state index is 9.49. The third-order valence-electron chi connectivity index (χ3n) is 6.25. The van der Waals surface area contributed by atoms with E-state index >= 15 is 0 Å². The summed E-state index contributed by atoms with van der Waals surface area (Å²) in [6.07, 6.45) is 9.15. The van der Waals surface area contributed by atoms with Crippen molar-refractivity contribution < 1.29 is 0 Å². The van der Waals surface area contributed by atoms with E-state index in [1.54, 1.807) is 0 Å². The molecule has 20 heavy (non-hydrogen) atoms. The van der Waals surface area contributed by atoms with Gasteiger partial charge in [0.15, 0.2) is 0 Å². The van der Waals surface area contributed by atoms with Gasteiger partial charge in [0.2, 0.25) is 0 Å². The van der Waals surface area contributed by atoms with Crippen molar-refractivity contribution in [2.45, 2.75) is 63.5 Å². The summed E-state index contributed by atoms with van der Waals surface area (Å²) in [5, 5.41) is 12.9. The van der Waals surface area contributed by atoms with Crippen LogP contribution < -0.4 is 5.32 Å². The molecule has 112 valence electrons. The van der Waals surface area contributed by atoms with Crippen LogP contribution in [-0.2, 0) is 0 Å². The highest BCUT2D eigenvalue weighted by Gasteiger charge is 2.43. The lowest BCUT2D eigenvalue weighted by atomic mass is 9.88. The summed E-state index contributed by atoms with van der Waals surface area (Å²) in [5.74, 6) is 3.00. The van der Waals surface area contributed by atoms with E-state index in [1.807, 2.05) is 0 Å². The Morgan fingerprint density at radius 1 is 1.30 bits per heavy atom. The zero-order valence-electron chi connectivity index (χ0n) is 13.1. The Labute approximate surface area is 123 Å². The summed E-state index contributed by atoms with van der Waals surface area (Å²) in [5.41, 5.74) is -0.248. The minimum absolute atomic E-state index is 0.248. The molecule has 3 aliphatic carbocycles. The molecule has 0 aromatic carbocycles. The highest BCUT2D eigenvalue weighted by molar-refractivity contribution is 5.13. The summed E-state index contributed by atoms with van der Waals surface area (Å²) in [7, 11) is 2.29. The Morgan fingerprint density at radius 3 is 2.75 bits per heavy atom.